The summed E-state index contributed by atoms with van der Waals surface area (Å²) in [5.41, 5.74) is 0. The molecule has 31 heavy (non-hydrogen) atoms. The number of amides is 4. The van der Waals surface area contributed by atoms with Crippen LogP contribution >= 0.6 is 0 Å². The molecule has 1 heterocycles. The molecule has 0 unspecified atom stereocenters. The SMILES string of the molecule is CC(C)CNC(=O)[C@H](C)CC(=O)[C@@H](NC(=O)CCCCCN1C(=O)C=CC1=O)C(C)C. The zero-order valence-electron chi connectivity index (χ0n) is 19.4. The lowest BCUT2D eigenvalue weighted by Gasteiger charge is -2.23. The molecule has 0 aromatic heterocycles. The van der Waals surface area contributed by atoms with E-state index in [1.165, 1.54) is 17.1 Å². The van der Waals surface area contributed by atoms with Gasteiger partial charge in [-0.2, -0.15) is 0 Å². The summed E-state index contributed by atoms with van der Waals surface area (Å²) in [5.74, 6) is -1.30. The fourth-order valence-corrected chi connectivity index (χ4v) is 3.25. The summed E-state index contributed by atoms with van der Waals surface area (Å²) in [4.78, 5) is 61.3. The predicted octanol–water partition coefficient (Wildman–Crippen LogP) is 1.98. The lowest BCUT2D eigenvalue weighted by atomic mass is 9.92. The van der Waals surface area contributed by atoms with E-state index < -0.39 is 12.0 Å². The highest BCUT2D eigenvalue weighted by Gasteiger charge is 2.27. The predicted molar refractivity (Wildman–Crippen MR) is 118 cm³/mol. The number of nitrogens with one attached hydrogen (secondary N) is 2. The minimum Gasteiger partial charge on any atom is -0.356 e. The van der Waals surface area contributed by atoms with Crippen molar-refractivity contribution in [2.45, 2.75) is 72.8 Å². The van der Waals surface area contributed by atoms with Gasteiger partial charge in [0.05, 0.1) is 6.04 Å². The van der Waals surface area contributed by atoms with Crippen LogP contribution in [0.2, 0.25) is 0 Å². The molecule has 2 atom stereocenters. The van der Waals surface area contributed by atoms with Gasteiger partial charge in [0, 0.05) is 44.0 Å². The van der Waals surface area contributed by atoms with Crippen molar-refractivity contribution in [3.8, 4) is 0 Å². The molecule has 1 aliphatic heterocycles. The number of carbonyl (C=O) groups excluding carboxylic acids is 5. The van der Waals surface area contributed by atoms with E-state index in [0.29, 0.717) is 38.3 Å². The Balaban J connectivity index is 2.37. The Kier molecular flexibility index (Phi) is 11.1. The maximum absolute atomic E-state index is 12.7. The van der Waals surface area contributed by atoms with E-state index >= 15 is 0 Å². The first kappa shape index (κ1) is 26.5. The first-order chi connectivity index (χ1) is 14.5. The van der Waals surface area contributed by atoms with Crippen molar-refractivity contribution >= 4 is 29.4 Å². The Morgan fingerprint density at radius 2 is 1.55 bits per heavy atom. The zero-order chi connectivity index (χ0) is 23.6. The lowest BCUT2D eigenvalue weighted by molar-refractivity contribution is -0.137. The summed E-state index contributed by atoms with van der Waals surface area (Å²) >= 11 is 0. The Morgan fingerprint density at radius 1 is 0.935 bits per heavy atom. The van der Waals surface area contributed by atoms with Gasteiger partial charge in [0.15, 0.2) is 5.78 Å². The van der Waals surface area contributed by atoms with Crippen LogP contribution in [0.5, 0.6) is 0 Å². The smallest absolute Gasteiger partial charge is 0.253 e. The number of rotatable bonds is 14. The summed E-state index contributed by atoms with van der Waals surface area (Å²) in [6, 6.07) is -0.626. The van der Waals surface area contributed by atoms with E-state index in [4.69, 9.17) is 0 Å². The van der Waals surface area contributed by atoms with E-state index in [2.05, 4.69) is 10.6 Å². The molecular formula is C23H37N3O5. The molecular weight excluding hydrogens is 398 g/mol. The molecule has 8 nitrogen and oxygen atoms in total. The molecule has 174 valence electrons. The number of carbonyl (C=O) groups is 5. The second-order valence-corrected chi connectivity index (χ2v) is 8.97. The van der Waals surface area contributed by atoms with Crippen LogP contribution in [0.15, 0.2) is 12.2 Å². The minimum atomic E-state index is -0.626. The third kappa shape index (κ3) is 9.44. The van der Waals surface area contributed by atoms with Gasteiger partial charge in [-0.05, 0) is 24.7 Å². The highest BCUT2D eigenvalue weighted by molar-refractivity contribution is 6.12. The standard InChI is InChI=1S/C23H37N3O5/c1-15(2)14-24-23(31)17(5)13-18(27)22(16(3)4)25-19(28)9-7-6-8-12-26-20(29)10-11-21(26)30/h10-11,15-17,22H,6-9,12-14H2,1-5H3,(H,24,31)(H,25,28)/t17-,22+/m1/s1. The second kappa shape index (κ2) is 13.0. The maximum Gasteiger partial charge on any atom is 0.253 e. The van der Waals surface area contributed by atoms with Gasteiger partial charge >= 0.3 is 0 Å². The van der Waals surface area contributed by atoms with E-state index in [1.807, 2.05) is 27.7 Å². The van der Waals surface area contributed by atoms with Crippen LogP contribution in [-0.4, -0.2) is 53.4 Å². The molecule has 0 aliphatic carbocycles. The highest BCUT2D eigenvalue weighted by Crippen LogP contribution is 2.13. The molecule has 0 aromatic carbocycles. The third-order valence-corrected chi connectivity index (χ3v) is 5.16. The van der Waals surface area contributed by atoms with Crippen LogP contribution in [0.1, 0.15) is 66.7 Å². The molecule has 0 saturated heterocycles. The number of Topliss-reactive ketones (excluding diaryl/α,β-unsaturated/α-hetero) is 1. The van der Waals surface area contributed by atoms with Gasteiger partial charge in [-0.15, -0.1) is 0 Å². The largest absolute Gasteiger partial charge is 0.356 e. The Hall–Kier alpha value is -2.51. The topological polar surface area (TPSA) is 113 Å². The summed E-state index contributed by atoms with van der Waals surface area (Å²) in [6.07, 6.45) is 4.78. The number of imide groups is 1. The van der Waals surface area contributed by atoms with Gasteiger partial charge in [0.2, 0.25) is 11.8 Å². The number of ketones is 1. The average molecular weight is 436 g/mol. The van der Waals surface area contributed by atoms with Gasteiger partial charge in [-0.3, -0.25) is 28.9 Å². The zero-order valence-corrected chi connectivity index (χ0v) is 19.4. The van der Waals surface area contributed by atoms with Crippen molar-refractivity contribution in [2.24, 2.45) is 17.8 Å². The molecule has 2 N–H and O–H groups in total. The molecule has 8 heteroatoms. The van der Waals surface area contributed by atoms with Crippen LogP contribution in [0.3, 0.4) is 0 Å². The lowest BCUT2D eigenvalue weighted by Crippen LogP contribution is -2.45. The third-order valence-electron chi connectivity index (χ3n) is 5.16. The molecule has 0 spiro atoms. The summed E-state index contributed by atoms with van der Waals surface area (Å²) < 4.78 is 0. The first-order valence-corrected chi connectivity index (χ1v) is 11.2. The van der Waals surface area contributed by atoms with E-state index in [-0.39, 0.29) is 48.2 Å². The first-order valence-electron chi connectivity index (χ1n) is 11.2. The van der Waals surface area contributed by atoms with Crippen molar-refractivity contribution < 1.29 is 24.0 Å². The van der Waals surface area contributed by atoms with E-state index in [1.54, 1.807) is 6.92 Å². The molecule has 0 saturated carbocycles. The van der Waals surface area contributed by atoms with Crippen molar-refractivity contribution in [3.05, 3.63) is 12.2 Å². The number of unbranched alkanes of at least 4 members (excludes halogenated alkanes) is 2. The van der Waals surface area contributed by atoms with Gasteiger partial charge in [0.1, 0.15) is 0 Å². The van der Waals surface area contributed by atoms with E-state index in [9.17, 15) is 24.0 Å². The fraction of sp³-hybridized carbons (Fsp3) is 0.696. The summed E-state index contributed by atoms with van der Waals surface area (Å²) in [6.45, 7) is 10.4. The van der Waals surface area contributed by atoms with Crippen molar-refractivity contribution in [2.75, 3.05) is 13.1 Å². The van der Waals surface area contributed by atoms with Crippen LogP contribution in [0.25, 0.3) is 0 Å². The quantitative estimate of drug-likeness (QED) is 0.320. The maximum atomic E-state index is 12.7. The Morgan fingerprint density at radius 3 is 2.10 bits per heavy atom. The van der Waals surface area contributed by atoms with Crippen LogP contribution in [-0.2, 0) is 24.0 Å². The minimum absolute atomic E-state index is 0.0814. The average Bonchev–Trinajstić information content (AvgIpc) is 3.01. The van der Waals surface area contributed by atoms with E-state index in [0.717, 1.165) is 0 Å². The summed E-state index contributed by atoms with van der Waals surface area (Å²) in [5, 5.41) is 5.64. The number of hydrogen-bond acceptors (Lipinski definition) is 5. The van der Waals surface area contributed by atoms with Crippen LogP contribution < -0.4 is 10.6 Å². The molecule has 0 fully saturated rings. The fourth-order valence-electron chi connectivity index (χ4n) is 3.25. The van der Waals surface area contributed by atoms with Crippen molar-refractivity contribution in [3.63, 3.8) is 0 Å². The molecule has 0 radical (unpaired) electrons. The molecule has 1 rings (SSSR count). The normalized spacial score (nSPS) is 15.5. The van der Waals surface area contributed by atoms with Crippen molar-refractivity contribution in [1.82, 2.24) is 15.5 Å². The van der Waals surface area contributed by atoms with Gasteiger partial charge in [-0.1, -0.05) is 41.0 Å². The molecule has 0 aromatic rings. The van der Waals surface area contributed by atoms with Gasteiger partial charge in [-0.25, -0.2) is 0 Å². The Bertz CT molecular complexity index is 681. The highest BCUT2D eigenvalue weighted by atomic mass is 16.2. The molecule has 1 aliphatic rings. The van der Waals surface area contributed by atoms with Crippen LogP contribution in [0.4, 0.5) is 0 Å². The number of nitrogens with zero attached hydrogens (tertiary/aromatic N) is 1. The number of hydrogen-bond donors (Lipinski definition) is 2. The van der Waals surface area contributed by atoms with Crippen LogP contribution in [0, 0.1) is 17.8 Å². The summed E-state index contributed by atoms with van der Waals surface area (Å²) in [7, 11) is 0. The molecule has 4 amide bonds. The van der Waals surface area contributed by atoms with Gasteiger partial charge < -0.3 is 10.6 Å². The Labute approximate surface area is 185 Å². The van der Waals surface area contributed by atoms with Gasteiger partial charge in [0.25, 0.3) is 11.8 Å². The van der Waals surface area contributed by atoms with Crippen molar-refractivity contribution in [1.29, 1.82) is 0 Å². The monoisotopic (exact) mass is 435 g/mol. The second-order valence-electron chi connectivity index (χ2n) is 8.97. The molecule has 0 bridgehead atoms.